The first-order chi connectivity index (χ1) is 8.53. The highest BCUT2D eigenvalue weighted by Crippen LogP contribution is 1.93. The molecule has 0 aliphatic carbocycles. The summed E-state index contributed by atoms with van der Waals surface area (Å²) in [6.07, 6.45) is 3.89. The smallest absolute Gasteiger partial charge is 0.336 e. The lowest BCUT2D eigenvalue weighted by Crippen LogP contribution is -2.04. The SMILES string of the molecule is C=CC(=O)OCCCC.CCOC(=O)C(C)=CO. The van der Waals surface area contributed by atoms with Gasteiger partial charge in [-0.25, -0.2) is 9.59 Å². The minimum Gasteiger partial charge on any atom is -0.515 e. The number of aliphatic hydroxyl groups is 1. The molecular weight excluding hydrogens is 236 g/mol. The van der Waals surface area contributed by atoms with Gasteiger partial charge in [-0.15, -0.1) is 0 Å². The summed E-state index contributed by atoms with van der Waals surface area (Å²) in [5.74, 6) is -0.802. The van der Waals surface area contributed by atoms with Crippen molar-refractivity contribution in [2.24, 2.45) is 0 Å². The van der Waals surface area contributed by atoms with Crippen molar-refractivity contribution in [2.45, 2.75) is 33.6 Å². The third-order valence-corrected chi connectivity index (χ3v) is 1.70. The van der Waals surface area contributed by atoms with E-state index in [9.17, 15) is 9.59 Å². The summed E-state index contributed by atoms with van der Waals surface area (Å²) in [4.78, 5) is 20.9. The summed E-state index contributed by atoms with van der Waals surface area (Å²) in [6.45, 7) is 9.36. The normalized spacial score (nSPS) is 9.83. The Hall–Kier alpha value is -1.78. The summed E-state index contributed by atoms with van der Waals surface area (Å²) >= 11 is 0. The molecule has 18 heavy (non-hydrogen) atoms. The lowest BCUT2D eigenvalue weighted by molar-refractivity contribution is -0.139. The van der Waals surface area contributed by atoms with Crippen LogP contribution >= 0.6 is 0 Å². The van der Waals surface area contributed by atoms with E-state index in [-0.39, 0.29) is 11.5 Å². The van der Waals surface area contributed by atoms with Crippen molar-refractivity contribution in [3.8, 4) is 0 Å². The van der Waals surface area contributed by atoms with Crippen LogP contribution in [-0.2, 0) is 19.1 Å². The zero-order chi connectivity index (χ0) is 14.4. The molecule has 0 radical (unpaired) electrons. The molecule has 5 nitrogen and oxygen atoms in total. The molecule has 0 atom stereocenters. The van der Waals surface area contributed by atoms with E-state index >= 15 is 0 Å². The largest absolute Gasteiger partial charge is 0.515 e. The number of carbonyl (C=O) groups excluding carboxylic acids is 2. The molecule has 0 bridgehead atoms. The maximum Gasteiger partial charge on any atom is 0.336 e. The van der Waals surface area contributed by atoms with E-state index in [4.69, 9.17) is 5.11 Å². The Morgan fingerprint density at radius 3 is 2.28 bits per heavy atom. The molecule has 0 aliphatic rings. The average molecular weight is 258 g/mol. The molecule has 1 N–H and O–H groups in total. The molecule has 0 aromatic rings. The van der Waals surface area contributed by atoms with Crippen LogP contribution in [0.3, 0.4) is 0 Å². The van der Waals surface area contributed by atoms with E-state index in [0.29, 0.717) is 13.2 Å². The molecule has 0 rings (SSSR count). The van der Waals surface area contributed by atoms with Gasteiger partial charge in [-0.3, -0.25) is 0 Å². The van der Waals surface area contributed by atoms with Crippen LogP contribution in [0.1, 0.15) is 33.6 Å². The monoisotopic (exact) mass is 258 g/mol. The number of ether oxygens (including phenoxy) is 2. The van der Waals surface area contributed by atoms with Crippen LogP contribution in [0.5, 0.6) is 0 Å². The number of aliphatic hydroxyl groups excluding tert-OH is 1. The van der Waals surface area contributed by atoms with Crippen LogP contribution in [-0.4, -0.2) is 30.3 Å². The summed E-state index contributed by atoms with van der Waals surface area (Å²) in [6, 6.07) is 0. The van der Waals surface area contributed by atoms with Gasteiger partial charge in [0.05, 0.1) is 25.0 Å². The van der Waals surface area contributed by atoms with Crippen LogP contribution in [0.2, 0.25) is 0 Å². The van der Waals surface area contributed by atoms with E-state index in [1.54, 1.807) is 6.92 Å². The summed E-state index contributed by atoms with van der Waals surface area (Å²) in [7, 11) is 0. The highest BCUT2D eigenvalue weighted by atomic mass is 16.5. The van der Waals surface area contributed by atoms with Crippen molar-refractivity contribution in [1.29, 1.82) is 0 Å². The van der Waals surface area contributed by atoms with Gasteiger partial charge in [-0.2, -0.15) is 0 Å². The maximum absolute atomic E-state index is 10.5. The number of carbonyl (C=O) groups is 2. The van der Waals surface area contributed by atoms with Crippen molar-refractivity contribution >= 4 is 11.9 Å². The van der Waals surface area contributed by atoms with Gasteiger partial charge in [0.25, 0.3) is 0 Å². The molecule has 0 aromatic heterocycles. The standard InChI is InChI=1S/C7H12O2.C6H10O3/c1-3-5-6-9-7(8)4-2;1-3-9-6(8)5(2)4-7/h4H,2-3,5-6H2,1H3;4,7H,3H2,1-2H3. The van der Waals surface area contributed by atoms with Gasteiger partial charge in [0.15, 0.2) is 0 Å². The number of hydrogen-bond acceptors (Lipinski definition) is 5. The first kappa shape index (κ1) is 18.6. The van der Waals surface area contributed by atoms with Crippen molar-refractivity contribution in [3.05, 3.63) is 24.5 Å². The fraction of sp³-hybridized carbons (Fsp3) is 0.538. The molecular formula is C13H22O5. The number of hydrogen-bond donors (Lipinski definition) is 1. The second-order valence-corrected chi connectivity index (χ2v) is 3.26. The van der Waals surface area contributed by atoms with Gasteiger partial charge in [-0.1, -0.05) is 19.9 Å². The van der Waals surface area contributed by atoms with Gasteiger partial charge < -0.3 is 14.6 Å². The second-order valence-electron chi connectivity index (χ2n) is 3.26. The topological polar surface area (TPSA) is 72.8 Å². The lowest BCUT2D eigenvalue weighted by Gasteiger charge is -1.97. The van der Waals surface area contributed by atoms with E-state index in [2.05, 4.69) is 16.1 Å². The summed E-state index contributed by atoms with van der Waals surface area (Å²) in [5, 5.41) is 8.27. The Balaban J connectivity index is 0. The summed E-state index contributed by atoms with van der Waals surface area (Å²) in [5.41, 5.74) is 0.219. The van der Waals surface area contributed by atoms with E-state index in [1.807, 2.05) is 6.92 Å². The molecule has 0 saturated carbocycles. The Morgan fingerprint density at radius 1 is 1.28 bits per heavy atom. The van der Waals surface area contributed by atoms with Crippen molar-refractivity contribution < 1.29 is 24.2 Å². The third kappa shape index (κ3) is 12.3. The molecule has 0 aliphatic heterocycles. The van der Waals surface area contributed by atoms with E-state index < -0.39 is 5.97 Å². The highest BCUT2D eigenvalue weighted by Gasteiger charge is 2.01. The van der Waals surface area contributed by atoms with Crippen LogP contribution in [0, 0.1) is 0 Å². The Morgan fingerprint density at radius 2 is 1.89 bits per heavy atom. The zero-order valence-electron chi connectivity index (χ0n) is 11.3. The predicted octanol–water partition coefficient (Wildman–Crippen LogP) is 2.53. The predicted molar refractivity (Wildman–Crippen MR) is 69.1 cm³/mol. The van der Waals surface area contributed by atoms with Crippen molar-refractivity contribution in [3.63, 3.8) is 0 Å². The number of rotatable bonds is 6. The fourth-order valence-electron chi connectivity index (χ4n) is 0.674. The highest BCUT2D eigenvalue weighted by molar-refractivity contribution is 5.87. The molecule has 0 heterocycles. The Labute approximate surface area is 108 Å². The molecule has 0 aromatic carbocycles. The van der Waals surface area contributed by atoms with Gasteiger partial charge >= 0.3 is 11.9 Å². The van der Waals surface area contributed by atoms with Gasteiger partial charge in [0, 0.05) is 6.08 Å². The Bertz CT molecular complexity index is 281. The van der Waals surface area contributed by atoms with E-state index in [1.165, 1.54) is 13.0 Å². The van der Waals surface area contributed by atoms with Crippen LogP contribution in [0.15, 0.2) is 24.5 Å². The fourth-order valence-corrected chi connectivity index (χ4v) is 0.674. The summed E-state index contributed by atoms with van der Waals surface area (Å²) < 4.78 is 9.20. The molecule has 0 saturated heterocycles. The van der Waals surface area contributed by atoms with Crippen LogP contribution in [0.4, 0.5) is 0 Å². The van der Waals surface area contributed by atoms with Crippen molar-refractivity contribution in [1.82, 2.24) is 0 Å². The average Bonchev–Trinajstić information content (AvgIpc) is 2.38. The minimum absolute atomic E-state index is 0.219. The van der Waals surface area contributed by atoms with Crippen molar-refractivity contribution in [2.75, 3.05) is 13.2 Å². The minimum atomic E-state index is -0.472. The van der Waals surface area contributed by atoms with E-state index in [0.717, 1.165) is 19.1 Å². The molecule has 0 fully saturated rings. The van der Waals surface area contributed by atoms with Gasteiger partial charge in [0.2, 0.25) is 0 Å². The number of esters is 2. The first-order valence-corrected chi connectivity index (χ1v) is 5.80. The number of unbranched alkanes of at least 4 members (excludes halogenated alkanes) is 1. The third-order valence-electron chi connectivity index (χ3n) is 1.70. The first-order valence-electron chi connectivity index (χ1n) is 5.80. The van der Waals surface area contributed by atoms with Gasteiger partial charge in [0.1, 0.15) is 0 Å². The molecule has 0 unspecified atom stereocenters. The Kier molecular flexibility index (Phi) is 13.7. The zero-order valence-corrected chi connectivity index (χ0v) is 11.3. The molecule has 5 heteroatoms. The second kappa shape index (κ2) is 13.3. The quantitative estimate of drug-likeness (QED) is 0.343. The molecule has 0 amide bonds. The van der Waals surface area contributed by atoms with Crippen LogP contribution < -0.4 is 0 Å². The maximum atomic E-state index is 10.5. The van der Waals surface area contributed by atoms with Crippen LogP contribution in [0.25, 0.3) is 0 Å². The van der Waals surface area contributed by atoms with Gasteiger partial charge in [-0.05, 0) is 20.3 Å². The lowest BCUT2D eigenvalue weighted by atomic mass is 10.3. The molecule has 104 valence electrons. The molecule has 0 spiro atoms.